The number of fused-ring (bicyclic) bond motifs is 1. The lowest BCUT2D eigenvalue weighted by Gasteiger charge is -2.45. The van der Waals surface area contributed by atoms with Crippen molar-refractivity contribution in [1.29, 1.82) is 0 Å². The Balaban J connectivity index is 1.54. The lowest BCUT2D eigenvalue weighted by molar-refractivity contribution is -0.134. The molecule has 0 unspecified atom stereocenters. The molecule has 2 fully saturated rings. The molecule has 2 aliphatic heterocycles. The van der Waals surface area contributed by atoms with E-state index in [1.54, 1.807) is 16.9 Å². The molecule has 0 bridgehead atoms. The summed E-state index contributed by atoms with van der Waals surface area (Å²) in [6.45, 7) is 4.63. The summed E-state index contributed by atoms with van der Waals surface area (Å²) in [4.78, 5) is 34.0. The van der Waals surface area contributed by atoms with E-state index >= 15 is 0 Å². The van der Waals surface area contributed by atoms with Gasteiger partial charge in [0.15, 0.2) is 5.65 Å². The normalized spacial score (nSPS) is 21.0. The molecule has 4 heterocycles. The van der Waals surface area contributed by atoms with Crippen molar-refractivity contribution < 1.29 is 9.59 Å². The standard InChI is InChI=1S/C18H24N6O2/c1-13-14(12-20-15-4-8-21-24(13)15)16(25)23-10-5-18(6-11-23)17(26)19-7-3-9-22(18)2/h4,8,12H,3,5-7,9-11H2,1-2H3,(H,19,26). The third kappa shape index (κ3) is 2.56. The van der Waals surface area contributed by atoms with Crippen LogP contribution in [-0.2, 0) is 4.79 Å². The van der Waals surface area contributed by atoms with Crippen LogP contribution in [0.25, 0.3) is 5.65 Å². The summed E-state index contributed by atoms with van der Waals surface area (Å²) >= 11 is 0. The Hall–Kier alpha value is -2.48. The van der Waals surface area contributed by atoms with Gasteiger partial charge < -0.3 is 10.2 Å². The summed E-state index contributed by atoms with van der Waals surface area (Å²) in [6, 6.07) is 1.81. The van der Waals surface area contributed by atoms with Crippen molar-refractivity contribution in [3.8, 4) is 0 Å². The zero-order valence-corrected chi connectivity index (χ0v) is 15.2. The number of nitrogens with zero attached hydrogens (tertiary/aromatic N) is 5. The van der Waals surface area contributed by atoms with Gasteiger partial charge in [-0.15, -0.1) is 0 Å². The van der Waals surface area contributed by atoms with E-state index in [2.05, 4.69) is 20.3 Å². The zero-order chi connectivity index (χ0) is 18.3. The fourth-order valence-electron chi connectivity index (χ4n) is 4.13. The lowest BCUT2D eigenvalue weighted by atomic mass is 9.85. The van der Waals surface area contributed by atoms with Crippen molar-refractivity contribution in [2.24, 2.45) is 0 Å². The van der Waals surface area contributed by atoms with Gasteiger partial charge in [0.1, 0.15) is 5.54 Å². The quantitative estimate of drug-likeness (QED) is 0.803. The van der Waals surface area contributed by atoms with Gasteiger partial charge in [-0.25, -0.2) is 9.50 Å². The second-order valence-electron chi connectivity index (χ2n) is 7.21. The van der Waals surface area contributed by atoms with Crippen LogP contribution in [-0.4, -0.2) is 75.0 Å². The van der Waals surface area contributed by atoms with Crippen molar-refractivity contribution in [3.05, 3.63) is 29.7 Å². The number of piperidine rings is 1. The Morgan fingerprint density at radius 3 is 2.81 bits per heavy atom. The third-order valence-corrected chi connectivity index (χ3v) is 5.87. The summed E-state index contributed by atoms with van der Waals surface area (Å²) in [5.74, 6) is 0.0549. The lowest BCUT2D eigenvalue weighted by Crippen LogP contribution is -2.61. The SMILES string of the molecule is Cc1c(C(=O)N2CCC3(CC2)C(=O)NCCCN3C)cnc2ccnn12. The average Bonchev–Trinajstić information content (AvgIpc) is 3.09. The molecule has 138 valence electrons. The molecule has 4 rings (SSSR count). The second kappa shape index (κ2) is 6.35. The van der Waals surface area contributed by atoms with Crippen LogP contribution < -0.4 is 5.32 Å². The minimum atomic E-state index is -0.494. The Kier molecular flexibility index (Phi) is 4.14. The van der Waals surface area contributed by atoms with Gasteiger partial charge in [-0.1, -0.05) is 0 Å². The van der Waals surface area contributed by atoms with E-state index in [-0.39, 0.29) is 11.8 Å². The average molecular weight is 356 g/mol. The van der Waals surface area contributed by atoms with E-state index in [1.165, 1.54) is 0 Å². The Labute approximate surface area is 152 Å². The zero-order valence-electron chi connectivity index (χ0n) is 15.2. The maximum Gasteiger partial charge on any atom is 0.257 e. The van der Waals surface area contributed by atoms with Crippen molar-refractivity contribution in [2.75, 3.05) is 33.2 Å². The van der Waals surface area contributed by atoms with Gasteiger partial charge in [0.2, 0.25) is 5.91 Å². The van der Waals surface area contributed by atoms with Crippen LogP contribution in [0.4, 0.5) is 0 Å². The highest BCUT2D eigenvalue weighted by molar-refractivity contribution is 5.95. The maximum atomic E-state index is 13.0. The number of aryl methyl sites for hydroxylation is 1. The first-order valence-electron chi connectivity index (χ1n) is 9.11. The molecule has 8 heteroatoms. The first-order chi connectivity index (χ1) is 12.5. The summed E-state index contributed by atoms with van der Waals surface area (Å²) in [5, 5.41) is 7.26. The first kappa shape index (κ1) is 17.0. The van der Waals surface area contributed by atoms with Crippen molar-refractivity contribution in [2.45, 2.75) is 31.7 Å². The molecule has 2 aromatic heterocycles. The Morgan fingerprint density at radius 2 is 2.04 bits per heavy atom. The molecule has 26 heavy (non-hydrogen) atoms. The van der Waals surface area contributed by atoms with Crippen LogP contribution in [0, 0.1) is 6.92 Å². The van der Waals surface area contributed by atoms with Crippen molar-refractivity contribution >= 4 is 17.5 Å². The molecular formula is C18H24N6O2. The monoisotopic (exact) mass is 356 g/mol. The summed E-state index contributed by atoms with van der Waals surface area (Å²) in [6.07, 6.45) is 5.56. The van der Waals surface area contributed by atoms with Gasteiger partial charge in [-0.05, 0) is 33.2 Å². The highest BCUT2D eigenvalue weighted by atomic mass is 16.2. The number of rotatable bonds is 1. The first-order valence-corrected chi connectivity index (χ1v) is 9.11. The molecule has 2 aliphatic rings. The van der Waals surface area contributed by atoms with Crippen LogP contribution in [0.15, 0.2) is 18.5 Å². The smallest absolute Gasteiger partial charge is 0.257 e. The van der Waals surface area contributed by atoms with Gasteiger partial charge in [-0.3, -0.25) is 14.5 Å². The van der Waals surface area contributed by atoms with Gasteiger partial charge in [0.25, 0.3) is 5.91 Å². The van der Waals surface area contributed by atoms with E-state index in [0.717, 1.165) is 30.9 Å². The van der Waals surface area contributed by atoms with E-state index in [4.69, 9.17) is 0 Å². The second-order valence-corrected chi connectivity index (χ2v) is 7.21. The van der Waals surface area contributed by atoms with Crippen molar-refractivity contribution in [3.63, 3.8) is 0 Å². The van der Waals surface area contributed by atoms with E-state index < -0.39 is 5.54 Å². The van der Waals surface area contributed by atoms with E-state index in [1.807, 2.05) is 24.9 Å². The number of carbonyl (C=O) groups excluding carboxylic acids is 2. The number of hydrogen-bond acceptors (Lipinski definition) is 5. The number of nitrogens with one attached hydrogen (secondary N) is 1. The Morgan fingerprint density at radius 1 is 1.27 bits per heavy atom. The molecule has 0 atom stereocenters. The van der Waals surface area contributed by atoms with Crippen molar-refractivity contribution in [1.82, 2.24) is 29.7 Å². The molecule has 0 saturated carbocycles. The predicted molar refractivity (Wildman–Crippen MR) is 95.8 cm³/mol. The summed E-state index contributed by atoms with van der Waals surface area (Å²) in [7, 11) is 2.02. The van der Waals surface area contributed by atoms with E-state index in [9.17, 15) is 9.59 Å². The molecule has 2 aromatic rings. The minimum absolute atomic E-state index is 0.0427. The third-order valence-electron chi connectivity index (χ3n) is 5.87. The molecule has 2 saturated heterocycles. The topological polar surface area (TPSA) is 82.8 Å². The number of likely N-dealkylation sites (tertiary alicyclic amines) is 1. The van der Waals surface area contributed by atoms with Crippen LogP contribution in [0.3, 0.4) is 0 Å². The molecular weight excluding hydrogens is 332 g/mol. The van der Waals surface area contributed by atoms with Crippen LogP contribution >= 0.6 is 0 Å². The van der Waals surface area contributed by atoms with Gasteiger partial charge in [0, 0.05) is 38.4 Å². The molecule has 2 amide bonds. The number of hydrogen-bond donors (Lipinski definition) is 1. The predicted octanol–water partition coefficient (Wildman–Crippen LogP) is 0.464. The summed E-state index contributed by atoms with van der Waals surface area (Å²) < 4.78 is 1.69. The fourth-order valence-corrected chi connectivity index (χ4v) is 4.13. The summed E-state index contributed by atoms with van der Waals surface area (Å²) in [5.41, 5.74) is 1.59. The maximum absolute atomic E-state index is 13.0. The Bertz CT molecular complexity index is 852. The molecule has 0 radical (unpaired) electrons. The van der Waals surface area contributed by atoms with Crippen LogP contribution in [0.1, 0.15) is 35.3 Å². The molecule has 1 spiro atoms. The molecule has 1 N–H and O–H groups in total. The molecule has 0 aromatic carbocycles. The number of amides is 2. The van der Waals surface area contributed by atoms with E-state index in [0.29, 0.717) is 31.5 Å². The van der Waals surface area contributed by atoms with Gasteiger partial charge in [0.05, 0.1) is 17.5 Å². The van der Waals surface area contributed by atoms with Gasteiger partial charge >= 0.3 is 0 Å². The van der Waals surface area contributed by atoms with Crippen LogP contribution in [0.2, 0.25) is 0 Å². The highest BCUT2D eigenvalue weighted by Gasteiger charge is 2.46. The largest absolute Gasteiger partial charge is 0.354 e. The van der Waals surface area contributed by atoms with Crippen LogP contribution in [0.5, 0.6) is 0 Å². The van der Waals surface area contributed by atoms with Gasteiger partial charge in [-0.2, -0.15) is 5.10 Å². The minimum Gasteiger partial charge on any atom is -0.354 e. The number of likely N-dealkylation sites (N-methyl/N-ethyl adjacent to an activating group) is 1. The molecule has 8 nitrogen and oxygen atoms in total. The fraction of sp³-hybridized carbons (Fsp3) is 0.556. The highest BCUT2D eigenvalue weighted by Crippen LogP contribution is 2.30. The molecule has 0 aliphatic carbocycles. The number of aromatic nitrogens is 3. The number of carbonyl (C=O) groups is 2.